The first-order valence-electron chi connectivity index (χ1n) is 9.43. The summed E-state index contributed by atoms with van der Waals surface area (Å²) in [6, 6.07) is 17.5. The molecule has 0 atom stereocenters. The van der Waals surface area contributed by atoms with Crippen molar-refractivity contribution in [3.63, 3.8) is 0 Å². The van der Waals surface area contributed by atoms with Gasteiger partial charge in [0.2, 0.25) is 5.88 Å². The average Bonchev–Trinajstić information content (AvgIpc) is 3.30. The van der Waals surface area contributed by atoms with Crippen LogP contribution in [0.25, 0.3) is 5.82 Å². The minimum atomic E-state index is -0.323. The highest BCUT2D eigenvalue weighted by molar-refractivity contribution is 6.31. The summed E-state index contributed by atoms with van der Waals surface area (Å²) in [7, 11) is 1.50. The van der Waals surface area contributed by atoms with Gasteiger partial charge in [-0.1, -0.05) is 11.6 Å². The number of halogens is 1. The molecule has 1 amide bonds. The zero-order valence-corrected chi connectivity index (χ0v) is 17.6. The van der Waals surface area contributed by atoms with Crippen molar-refractivity contribution < 1.29 is 14.3 Å². The van der Waals surface area contributed by atoms with Crippen LogP contribution < -0.4 is 14.8 Å². The van der Waals surface area contributed by atoms with E-state index in [-0.39, 0.29) is 5.91 Å². The number of rotatable bonds is 6. The van der Waals surface area contributed by atoms with Crippen LogP contribution in [0.5, 0.6) is 17.4 Å². The lowest BCUT2D eigenvalue weighted by atomic mass is 10.2. The van der Waals surface area contributed by atoms with Gasteiger partial charge < -0.3 is 19.4 Å². The second-order valence-corrected chi connectivity index (χ2v) is 7.06. The summed E-state index contributed by atoms with van der Waals surface area (Å²) in [6.07, 6.45) is 3.80. The lowest BCUT2D eigenvalue weighted by Crippen LogP contribution is -2.13. The van der Waals surface area contributed by atoms with Gasteiger partial charge in [0.05, 0.1) is 12.7 Å². The number of nitrogens with zero attached hydrogens (tertiary/aromatic N) is 3. The van der Waals surface area contributed by atoms with Gasteiger partial charge in [0.25, 0.3) is 5.91 Å². The van der Waals surface area contributed by atoms with Crippen molar-refractivity contribution in [3.8, 4) is 23.2 Å². The fraction of sp³-hybridized carbons (Fsp3) is 0.0870. The summed E-state index contributed by atoms with van der Waals surface area (Å²) in [6.45, 7) is 1.81. The molecule has 0 fully saturated rings. The minimum absolute atomic E-state index is 0.323. The lowest BCUT2D eigenvalue weighted by Gasteiger charge is -2.11. The van der Waals surface area contributed by atoms with Crippen LogP contribution in [0.2, 0.25) is 5.02 Å². The van der Waals surface area contributed by atoms with Crippen LogP contribution in [0.4, 0.5) is 5.69 Å². The van der Waals surface area contributed by atoms with Gasteiger partial charge in [-0.15, -0.1) is 0 Å². The van der Waals surface area contributed by atoms with Crippen molar-refractivity contribution in [2.75, 3.05) is 12.4 Å². The van der Waals surface area contributed by atoms with Crippen molar-refractivity contribution in [2.45, 2.75) is 6.92 Å². The number of carbonyl (C=O) groups excluding carboxylic acids is 1. The molecule has 0 spiro atoms. The van der Waals surface area contributed by atoms with E-state index in [1.54, 1.807) is 48.5 Å². The van der Waals surface area contributed by atoms with E-state index in [4.69, 9.17) is 21.1 Å². The van der Waals surface area contributed by atoms with Gasteiger partial charge in [-0.3, -0.25) is 4.79 Å². The molecule has 2 aromatic carbocycles. The Morgan fingerprint density at radius 3 is 2.48 bits per heavy atom. The second kappa shape index (κ2) is 8.89. The number of methoxy groups -OCH3 is 1. The molecule has 7 nitrogen and oxygen atoms in total. The van der Waals surface area contributed by atoms with E-state index in [1.165, 1.54) is 7.11 Å². The molecule has 0 radical (unpaired) electrons. The molecule has 2 heterocycles. The molecule has 31 heavy (non-hydrogen) atoms. The highest BCUT2D eigenvalue weighted by Gasteiger charge is 2.13. The smallest absolute Gasteiger partial charge is 0.259 e. The number of ether oxygens (including phenoxy) is 2. The minimum Gasteiger partial charge on any atom is -0.496 e. The second-order valence-electron chi connectivity index (χ2n) is 6.63. The maximum Gasteiger partial charge on any atom is 0.259 e. The van der Waals surface area contributed by atoms with E-state index >= 15 is 0 Å². The molecule has 0 aliphatic carbocycles. The topological polar surface area (TPSA) is 78.3 Å². The van der Waals surface area contributed by atoms with Gasteiger partial charge in [-0.05, 0) is 61.5 Å². The highest BCUT2D eigenvalue weighted by Crippen LogP contribution is 2.26. The molecule has 0 unspecified atom stereocenters. The molecule has 0 aliphatic rings. The largest absolute Gasteiger partial charge is 0.496 e. The molecule has 0 saturated heterocycles. The number of anilines is 1. The SMILES string of the molecule is COc1ccc(Cl)cc1C(=O)Nc1ccc(Oc2cc(-n3cccc3)nc(C)n2)cc1. The van der Waals surface area contributed by atoms with E-state index < -0.39 is 0 Å². The Labute approximate surface area is 184 Å². The van der Waals surface area contributed by atoms with Gasteiger partial charge >= 0.3 is 0 Å². The van der Waals surface area contributed by atoms with E-state index in [1.807, 2.05) is 36.0 Å². The third-order valence-corrected chi connectivity index (χ3v) is 4.65. The Bertz CT molecular complexity index is 1210. The van der Waals surface area contributed by atoms with Gasteiger partial charge in [0.15, 0.2) is 0 Å². The van der Waals surface area contributed by atoms with Gasteiger partial charge in [0, 0.05) is 29.2 Å². The molecular weight excluding hydrogens is 416 g/mol. The van der Waals surface area contributed by atoms with Crippen molar-refractivity contribution in [1.82, 2.24) is 14.5 Å². The summed E-state index contributed by atoms with van der Waals surface area (Å²) < 4.78 is 13.0. The number of nitrogens with one attached hydrogen (secondary N) is 1. The molecule has 156 valence electrons. The molecule has 4 rings (SSSR count). The zero-order valence-electron chi connectivity index (χ0n) is 16.9. The first-order chi connectivity index (χ1) is 15.0. The number of aryl methyl sites for hydroxylation is 1. The van der Waals surface area contributed by atoms with Crippen LogP contribution in [-0.4, -0.2) is 27.6 Å². The van der Waals surface area contributed by atoms with Crippen LogP contribution >= 0.6 is 11.6 Å². The fourth-order valence-electron chi connectivity index (χ4n) is 2.98. The predicted octanol–water partition coefficient (Wildman–Crippen LogP) is 5.28. The third-order valence-electron chi connectivity index (χ3n) is 4.41. The first-order valence-corrected chi connectivity index (χ1v) is 9.81. The van der Waals surface area contributed by atoms with E-state index in [0.29, 0.717) is 45.3 Å². The Hall–Kier alpha value is -3.84. The molecule has 8 heteroatoms. The van der Waals surface area contributed by atoms with E-state index in [2.05, 4.69) is 15.3 Å². The Kier molecular flexibility index (Phi) is 5.86. The third kappa shape index (κ3) is 4.84. The average molecular weight is 435 g/mol. The molecule has 0 bridgehead atoms. The van der Waals surface area contributed by atoms with Crippen molar-refractivity contribution in [2.24, 2.45) is 0 Å². The molecule has 1 N–H and O–H groups in total. The van der Waals surface area contributed by atoms with Crippen LogP contribution in [0, 0.1) is 6.92 Å². The Morgan fingerprint density at radius 2 is 1.77 bits per heavy atom. The van der Waals surface area contributed by atoms with Crippen LogP contribution in [0.3, 0.4) is 0 Å². The normalized spacial score (nSPS) is 10.5. The van der Waals surface area contributed by atoms with Crippen LogP contribution in [0.1, 0.15) is 16.2 Å². The van der Waals surface area contributed by atoms with Crippen molar-refractivity contribution >= 4 is 23.2 Å². The quantitative estimate of drug-likeness (QED) is 0.446. The van der Waals surface area contributed by atoms with Crippen LogP contribution in [-0.2, 0) is 0 Å². The van der Waals surface area contributed by atoms with Gasteiger partial charge in [-0.25, -0.2) is 4.98 Å². The van der Waals surface area contributed by atoms with Crippen LogP contribution in [0.15, 0.2) is 73.1 Å². The van der Waals surface area contributed by atoms with Gasteiger partial charge in [0.1, 0.15) is 23.1 Å². The molecule has 4 aromatic rings. The first kappa shape index (κ1) is 20.4. The number of benzene rings is 2. The maximum absolute atomic E-state index is 12.6. The fourth-order valence-corrected chi connectivity index (χ4v) is 3.15. The number of amides is 1. The number of hydrogen-bond acceptors (Lipinski definition) is 5. The molecule has 0 aliphatic heterocycles. The van der Waals surface area contributed by atoms with E-state index in [9.17, 15) is 4.79 Å². The summed E-state index contributed by atoms with van der Waals surface area (Å²) >= 11 is 6.01. The van der Waals surface area contributed by atoms with Gasteiger partial charge in [-0.2, -0.15) is 4.98 Å². The maximum atomic E-state index is 12.6. The number of hydrogen-bond donors (Lipinski definition) is 1. The van der Waals surface area contributed by atoms with Crippen molar-refractivity contribution in [3.05, 3.63) is 89.5 Å². The number of carbonyl (C=O) groups is 1. The molecule has 0 saturated carbocycles. The summed E-state index contributed by atoms with van der Waals surface area (Å²) in [5.74, 6) is 2.44. The summed E-state index contributed by atoms with van der Waals surface area (Å²) in [4.78, 5) is 21.4. The molecule has 2 aromatic heterocycles. The number of aromatic nitrogens is 3. The monoisotopic (exact) mass is 434 g/mol. The Balaban J connectivity index is 1.48. The standard InChI is InChI=1S/C23H19ClN4O3/c1-15-25-21(28-11-3-4-12-28)14-22(26-15)31-18-8-6-17(7-9-18)27-23(29)19-13-16(24)5-10-20(19)30-2/h3-14H,1-2H3,(H,27,29). The Morgan fingerprint density at radius 1 is 1.03 bits per heavy atom. The lowest BCUT2D eigenvalue weighted by molar-refractivity contribution is 0.102. The zero-order chi connectivity index (χ0) is 21.8. The molecular formula is C23H19ClN4O3. The summed E-state index contributed by atoms with van der Waals surface area (Å²) in [5.41, 5.74) is 0.954. The summed E-state index contributed by atoms with van der Waals surface area (Å²) in [5, 5.41) is 3.28. The van der Waals surface area contributed by atoms with E-state index in [0.717, 1.165) is 0 Å². The highest BCUT2D eigenvalue weighted by atomic mass is 35.5. The van der Waals surface area contributed by atoms with Crippen molar-refractivity contribution in [1.29, 1.82) is 0 Å². The predicted molar refractivity (Wildman–Crippen MR) is 119 cm³/mol.